The van der Waals surface area contributed by atoms with Crippen LogP contribution in [0.5, 0.6) is 0 Å². The molecule has 58 valence electrons. The Bertz CT molecular complexity index is 124. The van der Waals surface area contributed by atoms with Gasteiger partial charge in [0.15, 0.2) is 0 Å². The number of rotatable bonds is 2. The lowest BCUT2D eigenvalue weighted by Crippen LogP contribution is -1.91. The highest BCUT2D eigenvalue weighted by atomic mass is 35.5. The summed E-state index contributed by atoms with van der Waals surface area (Å²) in [6.45, 7) is 0. The van der Waals surface area contributed by atoms with Crippen LogP contribution >= 0.6 is 23.2 Å². The highest BCUT2D eigenvalue weighted by molar-refractivity contribution is 6.23. The van der Waals surface area contributed by atoms with Crippen LogP contribution in [0.1, 0.15) is 25.7 Å². The lowest BCUT2D eigenvalue weighted by atomic mass is 10.1. The van der Waals surface area contributed by atoms with Gasteiger partial charge in [-0.3, -0.25) is 0 Å². The molecule has 0 saturated heterocycles. The van der Waals surface area contributed by atoms with Crippen LogP contribution in [-0.4, -0.2) is 11.8 Å². The predicted octanol–water partition coefficient (Wildman–Crippen LogP) is 3.33. The van der Waals surface area contributed by atoms with Crippen LogP contribution in [0.2, 0.25) is 0 Å². The minimum atomic E-state index is 0.624. The fourth-order valence-corrected chi connectivity index (χ4v) is 2.04. The van der Waals surface area contributed by atoms with Crippen molar-refractivity contribution >= 4 is 23.2 Å². The Morgan fingerprint density at radius 3 is 2.00 bits per heavy atom. The summed E-state index contributed by atoms with van der Waals surface area (Å²) in [6, 6.07) is 0. The van der Waals surface area contributed by atoms with Crippen molar-refractivity contribution in [1.29, 1.82) is 0 Å². The monoisotopic (exact) mass is 178 g/mol. The van der Waals surface area contributed by atoms with Gasteiger partial charge in [-0.05, 0) is 31.3 Å². The first-order valence-corrected chi connectivity index (χ1v) is 4.77. The van der Waals surface area contributed by atoms with E-state index in [1.165, 1.54) is 36.8 Å². The average molecular weight is 179 g/mol. The fourth-order valence-electron chi connectivity index (χ4n) is 1.38. The van der Waals surface area contributed by atoms with Crippen LogP contribution in [-0.2, 0) is 0 Å². The zero-order chi connectivity index (χ0) is 7.40. The third kappa shape index (κ3) is 1.90. The maximum Gasteiger partial charge on any atom is 0.0447 e. The molecule has 0 heterocycles. The molecule has 0 aromatic heterocycles. The summed E-state index contributed by atoms with van der Waals surface area (Å²) in [4.78, 5) is 0. The lowest BCUT2D eigenvalue weighted by Gasteiger charge is -2.02. The molecule has 0 aliphatic heterocycles. The molecule has 0 radical (unpaired) electrons. The van der Waals surface area contributed by atoms with E-state index in [0.29, 0.717) is 11.8 Å². The molecule has 0 aromatic carbocycles. The number of alkyl halides is 2. The van der Waals surface area contributed by atoms with Gasteiger partial charge in [-0.15, -0.1) is 23.2 Å². The molecule has 1 rings (SSSR count). The van der Waals surface area contributed by atoms with E-state index in [0.717, 1.165) is 0 Å². The van der Waals surface area contributed by atoms with E-state index in [1.807, 2.05) is 0 Å². The number of hydrogen-bond acceptors (Lipinski definition) is 0. The molecule has 0 atom stereocenters. The molecule has 1 aliphatic carbocycles. The maximum atomic E-state index is 5.71. The molecule has 0 bridgehead atoms. The summed E-state index contributed by atoms with van der Waals surface area (Å²) in [5, 5.41) is 0. The Balaban J connectivity index is 2.59. The Morgan fingerprint density at radius 1 is 1.10 bits per heavy atom. The van der Waals surface area contributed by atoms with E-state index >= 15 is 0 Å². The number of hydrogen-bond donors (Lipinski definition) is 0. The molecule has 0 nitrogen and oxygen atoms in total. The van der Waals surface area contributed by atoms with Gasteiger partial charge in [-0.2, -0.15) is 0 Å². The molecule has 2 heteroatoms. The molecule has 0 unspecified atom stereocenters. The zero-order valence-corrected chi connectivity index (χ0v) is 7.51. The van der Waals surface area contributed by atoms with Gasteiger partial charge in [-0.25, -0.2) is 0 Å². The molecule has 1 saturated carbocycles. The molecule has 0 amide bonds. The maximum absolute atomic E-state index is 5.71. The van der Waals surface area contributed by atoms with Gasteiger partial charge < -0.3 is 0 Å². The second-order valence-electron chi connectivity index (χ2n) is 2.68. The van der Waals surface area contributed by atoms with E-state index in [2.05, 4.69) is 0 Å². The SMILES string of the molecule is ClCC(CCl)=C1CCCC1. The molecule has 0 aromatic rings. The minimum Gasteiger partial charge on any atom is -0.122 e. The van der Waals surface area contributed by atoms with Gasteiger partial charge in [0.25, 0.3) is 0 Å². The summed E-state index contributed by atoms with van der Waals surface area (Å²) < 4.78 is 0. The summed E-state index contributed by atoms with van der Waals surface area (Å²) in [7, 11) is 0. The minimum absolute atomic E-state index is 0.624. The highest BCUT2D eigenvalue weighted by Gasteiger charge is 2.10. The van der Waals surface area contributed by atoms with Crippen LogP contribution in [0.3, 0.4) is 0 Å². The van der Waals surface area contributed by atoms with E-state index in [9.17, 15) is 0 Å². The Labute approximate surface area is 72.2 Å². The van der Waals surface area contributed by atoms with Gasteiger partial charge in [0.1, 0.15) is 0 Å². The first-order valence-electron chi connectivity index (χ1n) is 3.70. The third-order valence-electron chi connectivity index (χ3n) is 2.03. The van der Waals surface area contributed by atoms with Crippen LogP contribution in [0.25, 0.3) is 0 Å². The van der Waals surface area contributed by atoms with Crippen LogP contribution in [0.15, 0.2) is 11.1 Å². The zero-order valence-electron chi connectivity index (χ0n) is 6.00. The standard InChI is InChI=1S/C8H12Cl2/c9-5-8(6-10)7-3-1-2-4-7/h1-6H2. The first kappa shape index (κ1) is 8.42. The Hall–Kier alpha value is 0.320. The van der Waals surface area contributed by atoms with E-state index in [4.69, 9.17) is 23.2 Å². The van der Waals surface area contributed by atoms with Crippen molar-refractivity contribution in [3.8, 4) is 0 Å². The van der Waals surface area contributed by atoms with Crippen molar-refractivity contribution in [3.63, 3.8) is 0 Å². The van der Waals surface area contributed by atoms with Gasteiger partial charge in [0.05, 0.1) is 0 Å². The molecule has 0 spiro atoms. The van der Waals surface area contributed by atoms with Crippen LogP contribution in [0.4, 0.5) is 0 Å². The van der Waals surface area contributed by atoms with E-state index in [1.54, 1.807) is 0 Å². The van der Waals surface area contributed by atoms with Gasteiger partial charge >= 0.3 is 0 Å². The quantitative estimate of drug-likeness (QED) is 0.450. The van der Waals surface area contributed by atoms with Crippen molar-refractivity contribution in [2.75, 3.05) is 11.8 Å². The molecule has 0 N–H and O–H groups in total. The molecular formula is C8H12Cl2. The Kier molecular flexibility index (Phi) is 3.58. The molecule has 10 heavy (non-hydrogen) atoms. The average Bonchev–Trinajstić information content (AvgIpc) is 2.43. The third-order valence-corrected chi connectivity index (χ3v) is 2.67. The highest BCUT2D eigenvalue weighted by Crippen LogP contribution is 2.27. The van der Waals surface area contributed by atoms with Gasteiger partial charge in [-0.1, -0.05) is 5.57 Å². The van der Waals surface area contributed by atoms with Crippen LogP contribution < -0.4 is 0 Å². The molecule has 1 fully saturated rings. The van der Waals surface area contributed by atoms with Crippen molar-refractivity contribution in [2.45, 2.75) is 25.7 Å². The summed E-state index contributed by atoms with van der Waals surface area (Å²) >= 11 is 11.4. The first-order chi connectivity index (χ1) is 4.88. The largest absolute Gasteiger partial charge is 0.122 e. The predicted molar refractivity (Wildman–Crippen MR) is 46.9 cm³/mol. The molecular weight excluding hydrogens is 167 g/mol. The fraction of sp³-hybridized carbons (Fsp3) is 0.750. The number of allylic oxidation sites excluding steroid dienone is 2. The normalized spacial score (nSPS) is 18.0. The number of halogens is 2. The van der Waals surface area contributed by atoms with Gasteiger partial charge in [0.2, 0.25) is 0 Å². The van der Waals surface area contributed by atoms with Crippen molar-refractivity contribution < 1.29 is 0 Å². The van der Waals surface area contributed by atoms with Crippen molar-refractivity contribution in [1.82, 2.24) is 0 Å². The second kappa shape index (κ2) is 4.25. The lowest BCUT2D eigenvalue weighted by molar-refractivity contribution is 0.886. The second-order valence-corrected chi connectivity index (χ2v) is 3.22. The summed E-state index contributed by atoms with van der Waals surface area (Å²) in [6.07, 6.45) is 5.11. The van der Waals surface area contributed by atoms with E-state index < -0.39 is 0 Å². The van der Waals surface area contributed by atoms with Gasteiger partial charge in [0, 0.05) is 11.8 Å². The van der Waals surface area contributed by atoms with Crippen molar-refractivity contribution in [3.05, 3.63) is 11.1 Å². The Morgan fingerprint density at radius 2 is 1.60 bits per heavy atom. The van der Waals surface area contributed by atoms with Crippen molar-refractivity contribution in [2.24, 2.45) is 0 Å². The summed E-state index contributed by atoms with van der Waals surface area (Å²) in [5.74, 6) is 1.25. The molecule has 1 aliphatic rings. The topological polar surface area (TPSA) is 0 Å². The summed E-state index contributed by atoms with van der Waals surface area (Å²) in [5.41, 5.74) is 2.78. The smallest absolute Gasteiger partial charge is 0.0447 e. The van der Waals surface area contributed by atoms with Crippen LogP contribution in [0, 0.1) is 0 Å². The van der Waals surface area contributed by atoms with E-state index in [-0.39, 0.29) is 0 Å².